The summed E-state index contributed by atoms with van der Waals surface area (Å²) in [5, 5.41) is 5.91. The highest BCUT2D eigenvalue weighted by Crippen LogP contribution is 2.41. The maximum absolute atomic E-state index is 6.44. The molecule has 0 spiro atoms. The van der Waals surface area contributed by atoms with Crippen molar-refractivity contribution in [2.24, 2.45) is 0 Å². The lowest BCUT2D eigenvalue weighted by Gasteiger charge is -2.10. The highest BCUT2D eigenvalue weighted by Gasteiger charge is 2.20. The van der Waals surface area contributed by atoms with Crippen LogP contribution in [0.5, 0.6) is 0 Å². The number of hydrogen-bond donors (Lipinski definition) is 0. The molecule has 3 heteroatoms. The number of nitrogens with zero attached hydrogens (tertiary/aromatic N) is 2. The maximum Gasteiger partial charge on any atom is 0.144 e. The number of allylic oxidation sites excluding steroid dienone is 2. The van der Waals surface area contributed by atoms with Crippen LogP contribution in [0.4, 0.5) is 0 Å². The van der Waals surface area contributed by atoms with Crippen LogP contribution in [0.3, 0.4) is 0 Å². The molecule has 3 aromatic heterocycles. The summed E-state index contributed by atoms with van der Waals surface area (Å²) in [5.41, 5.74) is 9.01. The molecule has 3 heterocycles. The Kier molecular flexibility index (Phi) is 6.28. The van der Waals surface area contributed by atoms with Gasteiger partial charge in [0.1, 0.15) is 11.3 Å². The van der Waals surface area contributed by atoms with Crippen LogP contribution >= 0.6 is 0 Å². The number of rotatable bonds is 4. The van der Waals surface area contributed by atoms with E-state index in [1.54, 1.807) is 6.08 Å². The van der Waals surface area contributed by atoms with Gasteiger partial charge in [-0.25, -0.2) is 0 Å². The smallest absolute Gasteiger partial charge is 0.144 e. The van der Waals surface area contributed by atoms with Crippen LogP contribution in [0.2, 0.25) is 0 Å². The summed E-state index contributed by atoms with van der Waals surface area (Å²) < 4.78 is 11.2. The third kappa shape index (κ3) is 3.74. The zero-order valence-corrected chi connectivity index (χ0v) is 24.1. The fraction of sp³-hybridized carbons (Fsp3) is 0.0769. The van der Waals surface area contributed by atoms with Crippen molar-refractivity contribution in [3.05, 3.63) is 139 Å². The molecule has 0 aliphatic carbocycles. The summed E-state index contributed by atoms with van der Waals surface area (Å²) in [4.78, 5) is 0. The Balaban J connectivity index is 0.00000141. The molecule has 5 aromatic carbocycles. The molecule has 0 saturated carbocycles. The van der Waals surface area contributed by atoms with Crippen LogP contribution in [0.15, 0.2) is 132 Å². The summed E-state index contributed by atoms with van der Waals surface area (Å²) in [6.07, 6.45) is 5.84. The monoisotopic (exact) mass is 544 g/mol. The van der Waals surface area contributed by atoms with Crippen molar-refractivity contribution < 1.29 is 4.42 Å². The molecule has 0 amide bonds. The lowest BCUT2D eigenvalue weighted by molar-refractivity contribution is 0.580. The second-order valence-corrected chi connectivity index (χ2v) is 10.2. The molecule has 0 bridgehead atoms. The first kappa shape index (κ1) is 25.7. The molecule has 204 valence electrons. The molecule has 8 aromatic rings. The van der Waals surface area contributed by atoms with Gasteiger partial charge < -0.3 is 13.6 Å². The highest BCUT2D eigenvalue weighted by atomic mass is 16.3. The third-order valence-electron chi connectivity index (χ3n) is 8.04. The predicted octanol–water partition coefficient (Wildman–Crippen LogP) is 11.2. The Hall–Kier alpha value is -5.28. The molecule has 0 radical (unpaired) electrons. The standard InChI is InChI=1S/C37H26N2O.C2H6/c1-3-4-14-27-24(2)40-37-29(27)20-22-35-36(37)30-16-9-11-18-33(30)39(35)26-19-21-34-31(23-26)28-15-8-10-17-32(28)38(34)25-12-6-5-7-13-25;1-2/h3-23H,1H2,2H3;1-2H3/b14-4-;. The van der Waals surface area contributed by atoms with Crippen molar-refractivity contribution in [1.29, 1.82) is 0 Å². The van der Waals surface area contributed by atoms with Gasteiger partial charge in [0, 0.05) is 38.5 Å². The number of furan rings is 1. The van der Waals surface area contributed by atoms with Gasteiger partial charge in [-0.2, -0.15) is 0 Å². The lowest BCUT2D eigenvalue weighted by atomic mass is 10.1. The molecular weight excluding hydrogens is 512 g/mol. The first-order valence-corrected chi connectivity index (χ1v) is 14.6. The quantitative estimate of drug-likeness (QED) is 0.202. The Labute approximate surface area is 245 Å². The molecule has 0 saturated heterocycles. The number of para-hydroxylation sites is 3. The SMILES string of the molecule is C=C/C=C\c1c(C)oc2c1ccc1c2c2ccccc2n1-c1ccc2c(c1)c1ccccc1n2-c1ccccc1.CC. The average Bonchev–Trinajstić information content (AvgIpc) is 3.67. The fourth-order valence-electron chi connectivity index (χ4n) is 6.35. The van der Waals surface area contributed by atoms with E-state index in [4.69, 9.17) is 4.42 Å². The van der Waals surface area contributed by atoms with E-state index in [1.165, 1.54) is 27.2 Å². The predicted molar refractivity (Wildman–Crippen MR) is 180 cm³/mol. The van der Waals surface area contributed by atoms with E-state index in [9.17, 15) is 0 Å². The lowest BCUT2D eigenvalue weighted by Crippen LogP contribution is -1.95. The Morgan fingerprint density at radius 2 is 1.21 bits per heavy atom. The van der Waals surface area contributed by atoms with E-state index in [0.717, 1.165) is 50.1 Å². The number of hydrogen-bond acceptors (Lipinski definition) is 1. The van der Waals surface area contributed by atoms with E-state index >= 15 is 0 Å². The summed E-state index contributed by atoms with van der Waals surface area (Å²) in [5.74, 6) is 0.910. The van der Waals surface area contributed by atoms with Gasteiger partial charge in [0.15, 0.2) is 0 Å². The normalized spacial score (nSPS) is 11.7. The Morgan fingerprint density at radius 1 is 0.595 bits per heavy atom. The minimum atomic E-state index is 0.910. The largest absolute Gasteiger partial charge is 0.460 e. The van der Waals surface area contributed by atoms with Crippen molar-refractivity contribution in [2.75, 3.05) is 0 Å². The van der Waals surface area contributed by atoms with Gasteiger partial charge in [-0.05, 0) is 61.5 Å². The van der Waals surface area contributed by atoms with Crippen molar-refractivity contribution in [2.45, 2.75) is 20.8 Å². The number of aryl methyl sites for hydroxylation is 1. The van der Waals surface area contributed by atoms with Crippen LogP contribution in [0, 0.1) is 6.92 Å². The van der Waals surface area contributed by atoms with E-state index in [-0.39, 0.29) is 0 Å². The van der Waals surface area contributed by atoms with Crippen molar-refractivity contribution in [3.8, 4) is 11.4 Å². The topological polar surface area (TPSA) is 23.0 Å². The number of fused-ring (bicyclic) bond motifs is 8. The Morgan fingerprint density at radius 3 is 1.98 bits per heavy atom. The molecule has 42 heavy (non-hydrogen) atoms. The van der Waals surface area contributed by atoms with Crippen LogP contribution < -0.4 is 0 Å². The third-order valence-corrected chi connectivity index (χ3v) is 8.04. The maximum atomic E-state index is 6.44. The highest BCUT2D eigenvalue weighted by molar-refractivity contribution is 6.21. The van der Waals surface area contributed by atoms with E-state index in [2.05, 4.69) is 131 Å². The van der Waals surface area contributed by atoms with Crippen LogP contribution in [-0.2, 0) is 0 Å². The molecule has 8 rings (SSSR count). The Bertz CT molecular complexity index is 2290. The summed E-state index contributed by atoms with van der Waals surface area (Å²) in [7, 11) is 0. The first-order valence-electron chi connectivity index (χ1n) is 14.6. The van der Waals surface area contributed by atoms with Crippen LogP contribution in [-0.4, -0.2) is 9.13 Å². The molecular formula is C39H32N2O. The number of benzene rings is 5. The van der Waals surface area contributed by atoms with E-state index in [1.807, 2.05) is 26.8 Å². The van der Waals surface area contributed by atoms with Gasteiger partial charge in [-0.3, -0.25) is 0 Å². The van der Waals surface area contributed by atoms with Crippen molar-refractivity contribution in [3.63, 3.8) is 0 Å². The van der Waals surface area contributed by atoms with E-state index < -0.39 is 0 Å². The van der Waals surface area contributed by atoms with Crippen LogP contribution in [0.25, 0.3) is 72.0 Å². The summed E-state index contributed by atoms with van der Waals surface area (Å²) >= 11 is 0. The summed E-state index contributed by atoms with van der Waals surface area (Å²) in [6, 6.07) is 39.1. The number of aromatic nitrogens is 2. The molecule has 0 aliphatic rings. The first-order chi connectivity index (χ1) is 20.7. The van der Waals surface area contributed by atoms with Crippen molar-refractivity contribution in [1.82, 2.24) is 9.13 Å². The van der Waals surface area contributed by atoms with Gasteiger partial charge in [0.05, 0.1) is 27.5 Å². The van der Waals surface area contributed by atoms with Crippen LogP contribution in [0.1, 0.15) is 25.2 Å². The van der Waals surface area contributed by atoms with Gasteiger partial charge in [-0.1, -0.05) is 93.3 Å². The van der Waals surface area contributed by atoms with E-state index in [0.29, 0.717) is 0 Å². The average molecular weight is 545 g/mol. The molecule has 0 atom stereocenters. The zero-order chi connectivity index (χ0) is 28.8. The molecule has 0 aliphatic heterocycles. The minimum absolute atomic E-state index is 0.910. The van der Waals surface area contributed by atoms with Crippen molar-refractivity contribution >= 4 is 60.7 Å². The molecule has 0 unspecified atom stereocenters. The molecule has 0 fully saturated rings. The second kappa shape index (κ2) is 10.3. The molecule has 0 N–H and O–H groups in total. The second-order valence-electron chi connectivity index (χ2n) is 10.2. The summed E-state index contributed by atoms with van der Waals surface area (Å²) in [6.45, 7) is 9.87. The minimum Gasteiger partial charge on any atom is -0.460 e. The van der Waals surface area contributed by atoms with Gasteiger partial charge in [0.25, 0.3) is 0 Å². The van der Waals surface area contributed by atoms with Gasteiger partial charge >= 0.3 is 0 Å². The molecule has 3 nitrogen and oxygen atoms in total. The fourth-order valence-corrected chi connectivity index (χ4v) is 6.35. The zero-order valence-electron chi connectivity index (χ0n) is 24.1. The van der Waals surface area contributed by atoms with Gasteiger partial charge in [0.2, 0.25) is 0 Å². The van der Waals surface area contributed by atoms with Gasteiger partial charge in [-0.15, -0.1) is 0 Å².